The molecular weight excluding hydrogens is 157 g/mol. The zero-order valence-corrected chi connectivity index (χ0v) is 5.66. The van der Waals surface area contributed by atoms with Gasteiger partial charge in [-0.25, -0.2) is 0 Å². The van der Waals surface area contributed by atoms with Gasteiger partial charge in [0.1, 0.15) is 6.04 Å². The van der Waals surface area contributed by atoms with Gasteiger partial charge in [-0.1, -0.05) is 0 Å². The third-order valence-corrected chi connectivity index (χ3v) is 1.60. The molecule has 1 N–H and O–H groups in total. The van der Waals surface area contributed by atoms with Crippen molar-refractivity contribution in [3.8, 4) is 0 Å². The van der Waals surface area contributed by atoms with Crippen molar-refractivity contribution in [3.05, 3.63) is 0 Å². The van der Waals surface area contributed by atoms with E-state index in [1.54, 1.807) is 0 Å². The van der Waals surface area contributed by atoms with E-state index >= 15 is 0 Å². The number of hydrogen-bond acceptors (Lipinski definition) is 2. The molecular formula is C6H12KNO2. The van der Waals surface area contributed by atoms with Gasteiger partial charge in [0.2, 0.25) is 0 Å². The van der Waals surface area contributed by atoms with Gasteiger partial charge in [0.05, 0.1) is 0 Å². The summed E-state index contributed by atoms with van der Waals surface area (Å²) in [6.07, 6.45) is 0. The summed E-state index contributed by atoms with van der Waals surface area (Å²) >= 11 is 0. The molecule has 1 rings (SSSR count). The molecule has 0 amide bonds. The van der Waals surface area contributed by atoms with Gasteiger partial charge < -0.3 is 5.11 Å². The van der Waals surface area contributed by atoms with Crippen LogP contribution < -0.4 is 0 Å². The van der Waals surface area contributed by atoms with E-state index in [1.807, 2.05) is 18.7 Å². The molecule has 0 aromatic carbocycles. The van der Waals surface area contributed by atoms with Crippen LogP contribution in [0.4, 0.5) is 0 Å². The van der Waals surface area contributed by atoms with Gasteiger partial charge in [-0.3, -0.25) is 9.69 Å². The first kappa shape index (κ1) is 11.1. The van der Waals surface area contributed by atoms with E-state index in [0.717, 1.165) is 6.54 Å². The van der Waals surface area contributed by atoms with Crippen LogP contribution in [0.1, 0.15) is 13.8 Å². The van der Waals surface area contributed by atoms with Crippen molar-refractivity contribution in [2.24, 2.45) is 0 Å². The summed E-state index contributed by atoms with van der Waals surface area (Å²) in [6, 6.07) is 0.191. The normalized spacial score (nSPS) is 29.5. The molecule has 2 unspecified atom stereocenters. The van der Waals surface area contributed by atoms with Crippen molar-refractivity contribution < 1.29 is 9.90 Å². The zero-order chi connectivity index (χ0) is 7.02. The van der Waals surface area contributed by atoms with Crippen molar-refractivity contribution in [1.82, 2.24) is 4.90 Å². The van der Waals surface area contributed by atoms with Crippen molar-refractivity contribution in [2.75, 3.05) is 6.54 Å². The molecule has 0 aromatic rings. The summed E-state index contributed by atoms with van der Waals surface area (Å²) in [6.45, 7) is 4.74. The van der Waals surface area contributed by atoms with Crippen molar-refractivity contribution >= 4 is 57.4 Å². The van der Waals surface area contributed by atoms with E-state index in [2.05, 4.69) is 0 Å². The molecule has 1 saturated heterocycles. The summed E-state index contributed by atoms with van der Waals surface area (Å²) in [7, 11) is 0. The Morgan fingerprint density at radius 1 is 1.70 bits per heavy atom. The van der Waals surface area contributed by atoms with Gasteiger partial charge in [0.15, 0.2) is 0 Å². The fraction of sp³-hybridized carbons (Fsp3) is 0.833. The fourth-order valence-corrected chi connectivity index (χ4v) is 0.943. The summed E-state index contributed by atoms with van der Waals surface area (Å²) in [5, 5.41) is 8.43. The fourth-order valence-electron chi connectivity index (χ4n) is 0.943. The molecule has 0 radical (unpaired) electrons. The minimum atomic E-state index is -0.691. The third kappa shape index (κ3) is 2.60. The molecule has 0 aromatic heterocycles. The SMILES string of the molecule is CC(C)N1CC1C(=O)O.[KH]. The molecule has 3 nitrogen and oxygen atoms in total. The van der Waals surface area contributed by atoms with Gasteiger partial charge in [0.25, 0.3) is 0 Å². The molecule has 54 valence electrons. The molecule has 0 spiro atoms. The standard InChI is InChI=1S/C6H11NO2.K.H/c1-4(2)7-3-5(7)6(8)9;;/h4-5H,3H2,1-2H3,(H,8,9);;. The average molecular weight is 169 g/mol. The van der Waals surface area contributed by atoms with E-state index < -0.39 is 5.97 Å². The maximum absolute atomic E-state index is 10.2. The van der Waals surface area contributed by atoms with Gasteiger partial charge in [-0.05, 0) is 13.8 Å². The van der Waals surface area contributed by atoms with E-state index in [4.69, 9.17) is 5.11 Å². The van der Waals surface area contributed by atoms with Gasteiger partial charge in [-0.15, -0.1) is 0 Å². The van der Waals surface area contributed by atoms with Crippen LogP contribution in [0.5, 0.6) is 0 Å². The molecule has 0 bridgehead atoms. The molecule has 1 fully saturated rings. The van der Waals surface area contributed by atoms with Gasteiger partial charge in [0, 0.05) is 12.6 Å². The van der Waals surface area contributed by atoms with Crippen LogP contribution in [0, 0.1) is 0 Å². The molecule has 1 heterocycles. The summed E-state index contributed by atoms with van der Waals surface area (Å²) in [5.41, 5.74) is 0. The first-order chi connectivity index (χ1) is 4.13. The first-order valence-corrected chi connectivity index (χ1v) is 3.11. The molecule has 1 aliphatic rings. The summed E-state index contributed by atoms with van der Waals surface area (Å²) < 4.78 is 0. The molecule has 2 atom stereocenters. The Balaban J connectivity index is 0.000000810. The second-order valence-electron chi connectivity index (χ2n) is 2.64. The number of nitrogens with zero attached hydrogens (tertiary/aromatic N) is 1. The van der Waals surface area contributed by atoms with Crippen LogP contribution >= 0.6 is 0 Å². The topological polar surface area (TPSA) is 40.3 Å². The Bertz CT molecular complexity index is 138. The molecule has 0 aliphatic carbocycles. The minimum absolute atomic E-state index is 0. The van der Waals surface area contributed by atoms with E-state index in [0.29, 0.717) is 6.04 Å². The van der Waals surface area contributed by atoms with Crippen LogP contribution in [-0.2, 0) is 4.79 Å². The Morgan fingerprint density at radius 2 is 2.20 bits per heavy atom. The number of aliphatic carboxylic acids is 1. The quantitative estimate of drug-likeness (QED) is 0.448. The van der Waals surface area contributed by atoms with Crippen LogP contribution in [0.2, 0.25) is 0 Å². The van der Waals surface area contributed by atoms with Crippen molar-refractivity contribution in [2.45, 2.75) is 25.9 Å². The van der Waals surface area contributed by atoms with E-state index in [-0.39, 0.29) is 57.4 Å². The number of carbonyl (C=O) groups is 1. The van der Waals surface area contributed by atoms with Crippen LogP contribution in [0.15, 0.2) is 0 Å². The number of carboxylic acid groups (broad SMARTS) is 1. The van der Waals surface area contributed by atoms with Gasteiger partial charge in [-0.2, -0.15) is 0 Å². The Labute approximate surface area is 103 Å². The zero-order valence-electron chi connectivity index (χ0n) is 5.66. The second-order valence-corrected chi connectivity index (χ2v) is 2.64. The molecule has 1 aliphatic heterocycles. The predicted octanol–water partition coefficient (Wildman–Crippen LogP) is -0.485. The summed E-state index contributed by atoms with van der Waals surface area (Å²) in [4.78, 5) is 12.2. The van der Waals surface area contributed by atoms with Gasteiger partial charge >= 0.3 is 57.4 Å². The Hall–Kier alpha value is 1.07. The predicted molar refractivity (Wildman–Crippen MR) is 40.4 cm³/mol. The van der Waals surface area contributed by atoms with Crippen LogP contribution in [0.3, 0.4) is 0 Å². The number of rotatable bonds is 2. The third-order valence-electron chi connectivity index (χ3n) is 1.60. The van der Waals surface area contributed by atoms with Crippen molar-refractivity contribution in [3.63, 3.8) is 0 Å². The maximum atomic E-state index is 10.2. The molecule has 0 saturated carbocycles. The first-order valence-electron chi connectivity index (χ1n) is 3.11. The Morgan fingerprint density at radius 3 is 2.30 bits per heavy atom. The molecule has 4 heteroatoms. The average Bonchev–Trinajstić information content (AvgIpc) is 2.39. The Kier molecular flexibility index (Phi) is 4.63. The number of carboxylic acids is 1. The van der Waals surface area contributed by atoms with Crippen LogP contribution in [-0.4, -0.2) is 86.0 Å². The van der Waals surface area contributed by atoms with Crippen LogP contribution in [0.25, 0.3) is 0 Å². The molecule has 10 heavy (non-hydrogen) atoms. The number of hydrogen-bond donors (Lipinski definition) is 1. The summed E-state index contributed by atoms with van der Waals surface area (Å²) in [5.74, 6) is -0.691. The second kappa shape index (κ2) is 4.18. The van der Waals surface area contributed by atoms with Crippen molar-refractivity contribution in [1.29, 1.82) is 0 Å². The van der Waals surface area contributed by atoms with E-state index in [9.17, 15) is 4.79 Å². The monoisotopic (exact) mass is 169 g/mol. The van der Waals surface area contributed by atoms with E-state index in [1.165, 1.54) is 0 Å².